The number of nitrogens with one attached hydrogen (secondary N) is 2. The molecule has 98 valence electrons. The number of carbonyl (C=O) groups excluding carboxylic acids is 1. The number of carbonyl (C=O) groups is 2. The summed E-state index contributed by atoms with van der Waals surface area (Å²) >= 11 is 5.77. The molecule has 0 unspecified atom stereocenters. The van der Waals surface area contributed by atoms with Crippen LogP contribution in [0.4, 0.5) is 10.5 Å². The molecule has 0 aliphatic carbocycles. The molecule has 0 bridgehead atoms. The predicted molar refractivity (Wildman–Crippen MR) is 69.9 cm³/mol. The SMILES string of the molecule is CC(C)[C@H](NC(=O)Nc1cccc(Cl)c1)C(=O)O. The molecule has 1 aromatic carbocycles. The Bertz CT molecular complexity index is 449. The number of aliphatic carboxylic acids is 1. The van der Waals surface area contributed by atoms with E-state index in [1.807, 2.05) is 0 Å². The second-order valence-corrected chi connectivity index (χ2v) is 4.61. The maximum absolute atomic E-state index is 11.6. The minimum Gasteiger partial charge on any atom is -0.480 e. The van der Waals surface area contributed by atoms with E-state index in [1.54, 1.807) is 38.1 Å². The molecule has 0 aromatic heterocycles. The van der Waals surface area contributed by atoms with Gasteiger partial charge in [0.15, 0.2) is 0 Å². The van der Waals surface area contributed by atoms with Crippen molar-refractivity contribution in [2.75, 3.05) is 5.32 Å². The summed E-state index contributed by atoms with van der Waals surface area (Å²) in [6, 6.07) is 5.11. The van der Waals surface area contributed by atoms with E-state index in [-0.39, 0.29) is 5.92 Å². The first kappa shape index (κ1) is 14.3. The smallest absolute Gasteiger partial charge is 0.326 e. The maximum Gasteiger partial charge on any atom is 0.326 e. The highest BCUT2D eigenvalue weighted by molar-refractivity contribution is 6.30. The second kappa shape index (κ2) is 6.26. The van der Waals surface area contributed by atoms with Crippen LogP contribution in [0.1, 0.15) is 13.8 Å². The van der Waals surface area contributed by atoms with Gasteiger partial charge in [-0.05, 0) is 24.1 Å². The predicted octanol–water partition coefficient (Wildman–Crippen LogP) is 2.57. The zero-order chi connectivity index (χ0) is 13.7. The molecule has 6 heteroatoms. The lowest BCUT2D eigenvalue weighted by Crippen LogP contribution is -2.46. The Morgan fingerprint density at radius 1 is 1.33 bits per heavy atom. The molecule has 1 atom stereocenters. The van der Waals surface area contributed by atoms with Crippen molar-refractivity contribution < 1.29 is 14.7 Å². The number of urea groups is 1. The van der Waals surface area contributed by atoms with Crippen LogP contribution in [0.5, 0.6) is 0 Å². The first-order valence-electron chi connectivity index (χ1n) is 5.46. The van der Waals surface area contributed by atoms with Crippen molar-refractivity contribution in [1.82, 2.24) is 5.32 Å². The Morgan fingerprint density at radius 3 is 2.50 bits per heavy atom. The Labute approximate surface area is 110 Å². The average Bonchev–Trinajstić information content (AvgIpc) is 2.25. The van der Waals surface area contributed by atoms with Crippen LogP contribution in [0.2, 0.25) is 5.02 Å². The Hall–Kier alpha value is -1.75. The molecule has 0 saturated carbocycles. The van der Waals surface area contributed by atoms with Gasteiger partial charge in [0.2, 0.25) is 0 Å². The molecule has 0 spiro atoms. The van der Waals surface area contributed by atoms with E-state index in [4.69, 9.17) is 16.7 Å². The number of amides is 2. The zero-order valence-electron chi connectivity index (χ0n) is 10.1. The number of benzene rings is 1. The van der Waals surface area contributed by atoms with Gasteiger partial charge in [0.05, 0.1) is 0 Å². The molecule has 1 aromatic rings. The summed E-state index contributed by atoms with van der Waals surface area (Å²) < 4.78 is 0. The van der Waals surface area contributed by atoms with Gasteiger partial charge in [-0.3, -0.25) is 0 Å². The van der Waals surface area contributed by atoms with Crippen LogP contribution < -0.4 is 10.6 Å². The highest BCUT2D eigenvalue weighted by Gasteiger charge is 2.23. The lowest BCUT2D eigenvalue weighted by atomic mass is 10.1. The van der Waals surface area contributed by atoms with Crippen LogP contribution in [0.3, 0.4) is 0 Å². The molecule has 0 aliphatic rings. The topological polar surface area (TPSA) is 78.4 Å². The number of carboxylic acid groups (broad SMARTS) is 1. The standard InChI is InChI=1S/C12H15ClN2O3/c1-7(2)10(11(16)17)15-12(18)14-9-5-3-4-8(13)6-9/h3-7,10H,1-2H3,(H,16,17)(H2,14,15,18)/t10-/m0/s1. The Morgan fingerprint density at radius 2 is 2.00 bits per heavy atom. The normalized spacial score (nSPS) is 12.0. The zero-order valence-corrected chi connectivity index (χ0v) is 10.9. The third kappa shape index (κ3) is 4.25. The number of halogens is 1. The molecule has 1 rings (SSSR count). The second-order valence-electron chi connectivity index (χ2n) is 4.17. The van der Waals surface area contributed by atoms with Crippen LogP contribution in [-0.4, -0.2) is 23.1 Å². The van der Waals surface area contributed by atoms with Crippen LogP contribution in [0.25, 0.3) is 0 Å². The monoisotopic (exact) mass is 270 g/mol. The van der Waals surface area contributed by atoms with E-state index in [1.165, 1.54) is 0 Å². The van der Waals surface area contributed by atoms with Gasteiger partial charge in [-0.2, -0.15) is 0 Å². The summed E-state index contributed by atoms with van der Waals surface area (Å²) in [5.74, 6) is -1.26. The quantitative estimate of drug-likeness (QED) is 0.787. The van der Waals surface area contributed by atoms with Crippen molar-refractivity contribution >= 4 is 29.3 Å². The molecular weight excluding hydrogens is 256 g/mol. The van der Waals surface area contributed by atoms with Gasteiger partial charge < -0.3 is 15.7 Å². The maximum atomic E-state index is 11.6. The third-order valence-electron chi connectivity index (χ3n) is 2.30. The third-order valence-corrected chi connectivity index (χ3v) is 2.54. The first-order valence-corrected chi connectivity index (χ1v) is 5.84. The van der Waals surface area contributed by atoms with Crippen LogP contribution in [0, 0.1) is 5.92 Å². The summed E-state index contributed by atoms with van der Waals surface area (Å²) in [5, 5.41) is 14.3. The number of hydrogen-bond acceptors (Lipinski definition) is 2. The van der Waals surface area contributed by atoms with Crippen molar-refractivity contribution in [3.63, 3.8) is 0 Å². The van der Waals surface area contributed by atoms with Crippen molar-refractivity contribution in [3.8, 4) is 0 Å². The van der Waals surface area contributed by atoms with Crippen molar-refractivity contribution in [3.05, 3.63) is 29.3 Å². The van der Waals surface area contributed by atoms with Crippen molar-refractivity contribution in [2.24, 2.45) is 5.92 Å². The molecule has 0 saturated heterocycles. The highest BCUT2D eigenvalue weighted by atomic mass is 35.5. The number of hydrogen-bond donors (Lipinski definition) is 3. The molecule has 18 heavy (non-hydrogen) atoms. The number of carboxylic acids is 1. The van der Waals surface area contributed by atoms with Gasteiger partial charge in [-0.25, -0.2) is 9.59 Å². The molecule has 0 radical (unpaired) electrons. The van der Waals surface area contributed by atoms with Gasteiger partial charge in [0.1, 0.15) is 6.04 Å². The minimum absolute atomic E-state index is 0.201. The highest BCUT2D eigenvalue weighted by Crippen LogP contribution is 2.14. The summed E-state index contributed by atoms with van der Waals surface area (Å²) in [7, 11) is 0. The first-order chi connectivity index (χ1) is 8.40. The van der Waals surface area contributed by atoms with Crippen molar-refractivity contribution in [2.45, 2.75) is 19.9 Å². The van der Waals surface area contributed by atoms with E-state index < -0.39 is 18.0 Å². The fourth-order valence-electron chi connectivity index (χ4n) is 1.39. The van der Waals surface area contributed by atoms with E-state index in [0.717, 1.165) is 0 Å². The van der Waals surface area contributed by atoms with Crippen LogP contribution >= 0.6 is 11.6 Å². The summed E-state index contributed by atoms with van der Waals surface area (Å²) in [6.45, 7) is 3.44. The lowest BCUT2D eigenvalue weighted by molar-refractivity contribution is -0.140. The molecule has 2 amide bonds. The minimum atomic E-state index is -1.06. The van der Waals surface area contributed by atoms with E-state index in [9.17, 15) is 9.59 Å². The fraction of sp³-hybridized carbons (Fsp3) is 0.333. The van der Waals surface area contributed by atoms with Crippen LogP contribution in [-0.2, 0) is 4.79 Å². The molecular formula is C12H15ClN2O3. The van der Waals surface area contributed by atoms with Gasteiger partial charge in [-0.15, -0.1) is 0 Å². The molecule has 0 heterocycles. The van der Waals surface area contributed by atoms with Gasteiger partial charge in [0, 0.05) is 10.7 Å². The number of rotatable bonds is 4. The Balaban J connectivity index is 2.63. The molecule has 3 N–H and O–H groups in total. The van der Waals surface area contributed by atoms with E-state index in [2.05, 4.69) is 10.6 Å². The summed E-state index contributed by atoms with van der Waals surface area (Å²) in [5.41, 5.74) is 0.507. The summed E-state index contributed by atoms with van der Waals surface area (Å²) in [6.07, 6.45) is 0. The van der Waals surface area contributed by atoms with E-state index >= 15 is 0 Å². The van der Waals surface area contributed by atoms with Crippen molar-refractivity contribution in [1.29, 1.82) is 0 Å². The largest absolute Gasteiger partial charge is 0.480 e. The van der Waals surface area contributed by atoms with Gasteiger partial charge in [-0.1, -0.05) is 31.5 Å². The molecule has 5 nitrogen and oxygen atoms in total. The Kier molecular flexibility index (Phi) is 4.97. The number of anilines is 1. The fourth-order valence-corrected chi connectivity index (χ4v) is 1.58. The van der Waals surface area contributed by atoms with Crippen LogP contribution in [0.15, 0.2) is 24.3 Å². The van der Waals surface area contributed by atoms with E-state index in [0.29, 0.717) is 10.7 Å². The molecule has 0 fully saturated rings. The summed E-state index contributed by atoms with van der Waals surface area (Å²) in [4.78, 5) is 22.5. The lowest BCUT2D eigenvalue weighted by Gasteiger charge is -2.18. The average molecular weight is 271 g/mol. The van der Waals surface area contributed by atoms with Gasteiger partial charge in [0.25, 0.3) is 0 Å². The molecule has 0 aliphatic heterocycles. The van der Waals surface area contributed by atoms with Gasteiger partial charge >= 0.3 is 12.0 Å².